The fourth-order valence-corrected chi connectivity index (χ4v) is 3.57. The summed E-state index contributed by atoms with van der Waals surface area (Å²) in [6, 6.07) is 8.15. The standard InChI is InChI=1S/C19H28N2O3/c1-14(12-17(20)22)18(23)21-13-19(10-4-3-5-11-19)15-6-8-16(24-2)9-7-15/h6-9,14H,3-5,10-13H2,1-2H3,(H2,20,22)(H,21,23). The Kier molecular flexibility index (Phi) is 6.23. The first-order valence-electron chi connectivity index (χ1n) is 8.67. The van der Waals surface area contributed by atoms with Gasteiger partial charge in [-0.3, -0.25) is 9.59 Å². The molecule has 1 aromatic carbocycles. The molecule has 24 heavy (non-hydrogen) atoms. The van der Waals surface area contributed by atoms with E-state index in [1.54, 1.807) is 14.0 Å². The molecule has 1 atom stereocenters. The van der Waals surface area contributed by atoms with Gasteiger partial charge in [0.05, 0.1) is 7.11 Å². The minimum Gasteiger partial charge on any atom is -0.497 e. The summed E-state index contributed by atoms with van der Waals surface area (Å²) in [6.07, 6.45) is 5.77. The van der Waals surface area contributed by atoms with Gasteiger partial charge in [-0.05, 0) is 30.5 Å². The molecule has 1 saturated carbocycles. The summed E-state index contributed by atoms with van der Waals surface area (Å²) < 4.78 is 5.24. The molecule has 0 heterocycles. The van der Waals surface area contributed by atoms with Gasteiger partial charge in [-0.2, -0.15) is 0 Å². The van der Waals surface area contributed by atoms with E-state index in [9.17, 15) is 9.59 Å². The fourth-order valence-electron chi connectivity index (χ4n) is 3.57. The SMILES string of the molecule is COc1ccc(C2(CNC(=O)C(C)CC(N)=O)CCCCC2)cc1. The van der Waals surface area contributed by atoms with E-state index in [0.29, 0.717) is 6.54 Å². The van der Waals surface area contributed by atoms with Crippen molar-refractivity contribution >= 4 is 11.8 Å². The van der Waals surface area contributed by atoms with Crippen LogP contribution < -0.4 is 15.8 Å². The van der Waals surface area contributed by atoms with Crippen molar-refractivity contribution in [2.24, 2.45) is 11.7 Å². The van der Waals surface area contributed by atoms with Gasteiger partial charge in [-0.15, -0.1) is 0 Å². The Hall–Kier alpha value is -2.04. The summed E-state index contributed by atoms with van der Waals surface area (Å²) in [7, 11) is 1.66. The second kappa shape index (κ2) is 8.18. The van der Waals surface area contributed by atoms with Gasteiger partial charge in [0.15, 0.2) is 0 Å². The zero-order valence-electron chi connectivity index (χ0n) is 14.6. The summed E-state index contributed by atoms with van der Waals surface area (Å²) in [6.45, 7) is 2.34. The highest BCUT2D eigenvalue weighted by Crippen LogP contribution is 2.39. The van der Waals surface area contributed by atoms with Gasteiger partial charge in [0, 0.05) is 24.3 Å². The van der Waals surface area contributed by atoms with Crippen molar-refractivity contribution in [3.05, 3.63) is 29.8 Å². The molecule has 3 N–H and O–H groups in total. The molecule has 0 bridgehead atoms. The molecule has 2 rings (SSSR count). The molecular formula is C19H28N2O3. The fraction of sp³-hybridized carbons (Fsp3) is 0.579. The predicted molar refractivity (Wildman–Crippen MR) is 93.7 cm³/mol. The van der Waals surface area contributed by atoms with E-state index in [-0.39, 0.29) is 23.7 Å². The van der Waals surface area contributed by atoms with Crippen molar-refractivity contribution < 1.29 is 14.3 Å². The minimum atomic E-state index is -0.444. The number of hydrogen-bond acceptors (Lipinski definition) is 3. The van der Waals surface area contributed by atoms with Crippen LogP contribution in [0.2, 0.25) is 0 Å². The van der Waals surface area contributed by atoms with Crippen LogP contribution in [0.25, 0.3) is 0 Å². The van der Waals surface area contributed by atoms with Gasteiger partial charge in [-0.25, -0.2) is 0 Å². The van der Waals surface area contributed by atoms with E-state index in [2.05, 4.69) is 17.4 Å². The molecule has 0 saturated heterocycles. The molecule has 0 spiro atoms. The summed E-state index contributed by atoms with van der Waals surface area (Å²) in [4.78, 5) is 23.3. The van der Waals surface area contributed by atoms with Crippen molar-refractivity contribution in [1.29, 1.82) is 0 Å². The molecule has 1 unspecified atom stereocenters. The number of rotatable bonds is 7. The van der Waals surface area contributed by atoms with Crippen molar-refractivity contribution in [2.45, 2.75) is 50.9 Å². The first-order valence-corrected chi connectivity index (χ1v) is 8.67. The normalized spacial score (nSPS) is 17.8. The number of ether oxygens (including phenoxy) is 1. The van der Waals surface area contributed by atoms with Crippen molar-refractivity contribution in [3.63, 3.8) is 0 Å². The van der Waals surface area contributed by atoms with Crippen LogP contribution in [0.1, 0.15) is 51.0 Å². The Bertz CT molecular complexity index is 562. The lowest BCUT2D eigenvalue weighted by atomic mass is 9.69. The number of amides is 2. The van der Waals surface area contributed by atoms with E-state index >= 15 is 0 Å². The van der Waals surface area contributed by atoms with E-state index in [1.165, 1.54) is 24.8 Å². The quantitative estimate of drug-likeness (QED) is 0.805. The van der Waals surface area contributed by atoms with Crippen LogP contribution in [0.5, 0.6) is 5.75 Å². The third-order valence-corrected chi connectivity index (χ3v) is 5.07. The maximum Gasteiger partial charge on any atom is 0.223 e. The van der Waals surface area contributed by atoms with E-state index in [1.807, 2.05) is 12.1 Å². The van der Waals surface area contributed by atoms with Crippen LogP contribution in [0.15, 0.2) is 24.3 Å². The van der Waals surface area contributed by atoms with E-state index in [0.717, 1.165) is 18.6 Å². The molecule has 5 nitrogen and oxygen atoms in total. The first-order chi connectivity index (χ1) is 11.5. The summed E-state index contributed by atoms with van der Waals surface area (Å²) >= 11 is 0. The molecule has 1 aliphatic carbocycles. The Balaban J connectivity index is 2.10. The maximum atomic E-state index is 12.3. The first kappa shape index (κ1) is 18.3. The van der Waals surface area contributed by atoms with Crippen LogP contribution in [-0.2, 0) is 15.0 Å². The Labute approximate surface area is 143 Å². The number of hydrogen-bond donors (Lipinski definition) is 2. The molecule has 2 amide bonds. The van der Waals surface area contributed by atoms with Gasteiger partial charge < -0.3 is 15.8 Å². The number of benzene rings is 1. The monoisotopic (exact) mass is 332 g/mol. The summed E-state index contributed by atoms with van der Waals surface area (Å²) in [5.41, 5.74) is 6.39. The number of methoxy groups -OCH3 is 1. The predicted octanol–water partition coefficient (Wildman–Crippen LogP) is 2.52. The molecule has 0 aromatic heterocycles. The second-order valence-electron chi connectivity index (χ2n) is 6.86. The van der Waals surface area contributed by atoms with Crippen LogP contribution in [0.4, 0.5) is 0 Å². The van der Waals surface area contributed by atoms with Crippen LogP contribution in [0.3, 0.4) is 0 Å². The lowest BCUT2D eigenvalue weighted by Gasteiger charge is -2.38. The third kappa shape index (κ3) is 4.49. The Morgan fingerprint density at radius 1 is 1.21 bits per heavy atom. The number of primary amides is 1. The summed E-state index contributed by atoms with van der Waals surface area (Å²) in [5, 5.41) is 3.05. The molecule has 1 fully saturated rings. The lowest BCUT2D eigenvalue weighted by Crippen LogP contribution is -2.44. The molecule has 1 aromatic rings. The number of nitrogens with two attached hydrogens (primary N) is 1. The van der Waals surface area contributed by atoms with Crippen LogP contribution >= 0.6 is 0 Å². The van der Waals surface area contributed by atoms with E-state index < -0.39 is 5.91 Å². The molecule has 0 aliphatic heterocycles. The average Bonchev–Trinajstić information content (AvgIpc) is 2.60. The van der Waals surface area contributed by atoms with E-state index in [4.69, 9.17) is 10.5 Å². The van der Waals surface area contributed by atoms with Crippen molar-refractivity contribution in [1.82, 2.24) is 5.32 Å². The van der Waals surface area contributed by atoms with Crippen LogP contribution in [0, 0.1) is 5.92 Å². The van der Waals surface area contributed by atoms with Crippen molar-refractivity contribution in [3.8, 4) is 5.75 Å². The smallest absolute Gasteiger partial charge is 0.223 e. The molecule has 1 aliphatic rings. The molecule has 0 radical (unpaired) electrons. The zero-order valence-corrected chi connectivity index (χ0v) is 14.6. The molecule has 5 heteroatoms. The number of carbonyl (C=O) groups excluding carboxylic acids is 2. The van der Waals surface area contributed by atoms with Gasteiger partial charge >= 0.3 is 0 Å². The highest BCUT2D eigenvalue weighted by Gasteiger charge is 2.34. The second-order valence-corrected chi connectivity index (χ2v) is 6.86. The lowest BCUT2D eigenvalue weighted by molar-refractivity contribution is -0.128. The highest BCUT2D eigenvalue weighted by molar-refractivity contribution is 5.84. The average molecular weight is 332 g/mol. The van der Waals surface area contributed by atoms with Crippen molar-refractivity contribution in [2.75, 3.05) is 13.7 Å². The zero-order chi connectivity index (χ0) is 17.6. The maximum absolute atomic E-state index is 12.3. The molecule has 132 valence electrons. The van der Waals surface area contributed by atoms with Gasteiger partial charge in [0.1, 0.15) is 5.75 Å². The Morgan fingerprint density at radius 3 is 2.38 bits per heavy atom. The van der Waals surface area contributed by atoms with Gasteiger partial charge in [-0.1, -0.05) is 38.3 Å². The van der Waals surface area contributed by atoms with Gasteiger partial charge in [0.2, 0.25) is 11.8 Å². The van der Waals surface area contributed by atoms with Crippen LogP contribution in [-0.4, -0.2) is 25.5 Å². The van der Waals surface area contributed by atoms with Gasteiger partial charge in [0.25, 0.3) is 0 Å². The topological polar surface area (TPSA) is 81.4 Å². The Morgan fingerprint density at radius 2 is 1.83 bits per heavy atom. The number of carbonyl (C=O) groups is 2. The third-order valence-electron chi connectivity index (χ3n) is 5.07. The highest BCUT2D eigenvalue weighted by atomic mass is 16.5. The largest absolute Gasteiger partial charge is 0.497 e. The number of nitrogens with one attached hydrogen (secondary N) is 1. The summed E-state index contributed by atoms with van der Waals surface area (Å²) in [5.74, 6) is -0.102. The molecular weight excluding hydrogens is 304 g/mol. The minimum absolute atomic E-state index is 0.0351.